The average molecular weight is 468 g/mol. The third-order valence-corrected chi connectivity index (χ3v) is 0. The Balaban J connectivity index is -0.0000000129. The molecule has 0 aliphatic rings. The second-order valence-corrected chi connectivity index (χ2v) is 4.62. The Morgan fingerprint density at radius 2 is 0.381 bits per heavy atom. The third kappa shape index (κ3) is 512. The average Bonchev–Trinajstić information content (AvgIpc) is 1.41. The van der Waals surface area contributed by atoms with Crippen LogP contribution in [0, 0.1) is 0 Å². The zero-order valence-electron chi connectivity index (χ0n) is 8.09. The van der Waals surface area contributed by atoms with Crippen molar-refractivity contribution >= 4 is 178 Å². The van der Waals surface area contributed by atoms with Crippen molar-refractivity contribution in [2.45, 2.75) is 0 Å². The SMILES string of the molecule is O.O.O.O=P(O)(O)O.O=P(O)(O)O.O=P(O)(O)O.[KH].[KH].[KH]. The van der Waals surface area contributed by atoms with E-state index in [1.165, 1.54) is 0 Å². The van der Waals surface area contributed by atoms with E-state index >= 15 is 0 Å². The molecule has 0 heterocycles. The molecule has 0 aromatic heterocycles. The molecule has 0 aromatic rings. The predicted octanol–water partition coefficient (Wildman–Crippen LogP) is -7.21. The van der Waals surface area contributed by atoms with Crippen LogP contribution in [0.2, 0.25) is 0 Å². The molecule has 0 amide bonds. The van der Waals surface area contributed by atoms with Crippen molar-refractivity contribution < 1.29 is 74.2 Å². The van der Waals surface area contributed by atoms with Crippen LogP contribution < -0.4 is 0 Å². The van der Waals surface area contributed by atoms with Gasteiger partial charge < -0.3 is 60.5 Å². The fourth-order valence-corrected chi connectivity index (χ4v) is 0. The van der Waals surface area contributed by atoms with E-state index in [0.29, 0.717) is 0 Å². The zero-order valence-corrected chi connectivity index (χ0v) is 10.8. The minimum atomic E-state index is -4.64. The molecule has 0 saturated carbocycles. The molecule has 0 bridgehead atoms. The fourth-order valence-electron chi connectivity index (χ4n) is 0. The van der Waals surface area contributed by atoms with Crippen LogP contribution in [0.15, 0.2) is 0 Å². The number of hydrogen-bond donors (Lipinski definition) is 9. The summed E-state index contributed by atoms with van der Waals surface area (Å²) in [7, 11) is -13.9. The summed E-state index contributed by atoms with van der Waals surface area (Å²) in [6.07, 6.45) is 0. The summed E-state index contributed by atoms with van der Waals surface area (Å²) in [5.74, 6) is 0. The van der Waals surface area contributed by atoms with Crippen LogP contribution in [0.5, 0.6) is 0 Å². The zero-order chi connectivity index (χ0) is 13.5. The summed E-state index contributed by atoms with van der Waals surface area (Å²) >= 11 is 0. The van der Waals surface area contributed by atoms with Crippen LogP contribution in [0.25, 0.3) is 0 Å². The Kier molecular flexibility index (Phi) is 73.2. The van der Waals surface area contributed by atoms with Gasteiger partial charge in [-0.1, -0.05) is 0 Å². The molecule has 0 fully saturated rings. The summed E-state index contributed by atoms with van der Waals surface area (Å²) in [6.45, 7) is 0. The van der Waals surface area contributed by atoms with Crippen molar-refractivity contribution in [3.05, 3.63) is 0 Å². The van der Waals surface area contributed by atoms with Crippen LogP contribution in [0.3, 0.4) is 0 Å². The Morgan fingerprint density at radius 3 is 0.381 bits per heavy atom. The quantitative estimate of drug-likeness (QED) is 0.118. The van der Waals surface area contributed by atoms with Crippen LogP contribution in [-0.4, -0.2) is 215 Å². The van der Waals surface area contributed by atoms with Gasteiger partial charge in [0.15, 0.2) is 0 Å². The molecule has 0 aromatic carbocycles. The number of rotatable bonds is 0. The predicted molar refractivity (Wildman–Crippen MR) is 75.1 cm³/mol. The van der Waals surface area contributed by atoms with E-state index < -0.39 is 23.5 Å². The molecule has 126 valence electrons. The Hall–Kier alpha value is 5.12. The van der Waals surface area contributed by atoms with E-state index in [1.807, 2.05) is 0 Å². The second kappa shape index (κ2) is 27.3. The monoisotopic (exact) mass is 468 g/mol. The number of phosphoric acid groups is 3. The molecule has 21 heteroatoms. The van der Waals surface area contributed by atoms with E-state index in [0.717, 1.165) is 0 Å². The summed E-state index contributed by atoms with van der Waals surface area (Å²) in [4.78, 5) is 64.7. The van der Waals surface area contributed by atoms with Gasteiger partial charge in [-0.15, -0.1) is 0 Å². The fraction of sp³-hybridized carbons (Fsp3) is 0. The van der Waals surface area contributed by atoms with Gasteiger partial charge in [0.1, 0.15) is 0 Å². The van der Waals surface area contributed by atoms with Gasteiger partial charge >= 0.3 is 178 Å². The molecule has 0 rings (SSSR count). The molecule has 15 N–H and O–H groups in total. The van der Waals surface area contributed by atoms with Gasteiger partial charge in [0.2, 0.25) is 0 Å². The first-order valence-electron chi connectivity index (χ1n) is 2.35. The molecule has 0 radical (unpaired) electrons. The molecule has 0 spiro atoms. The van der Waals surface area contributed by atoms with Crippen molar-refractivity contribution in [1.29, 1.82) is 0 Å². The molecule has 0 atom stereocenters. The van der Waals surface area contributed by atoms with Crippen molar-refractivity contribution in [2.24, 2.45) is 0 Å². The van der Waals surface area contributed by atoms with E-state index in [-0.39, 0.29) is 171 Å². The normalized spacial score (nSPS) is 8.43. The molecular weight excluding hydrogens is 450 g/mol. The van der Waals surface area contributed by atoms with Gasteiger partial charge in [-0.3, -0.25) is 0 Å². The maximum absolute atomic E-state index is 8.88. The first-order valence-corrected chi connectivity index (χ1v) is 7.04. The van der Waals surface area contributed by atoms with Gasteiger partial charge in [0.05, 0.1) is 0 Å². The molecular formula is H18K3O15P3. The van der Waals surface area contributed by atoms with Gasteiger partial charge in [-0.05, 0) is 0 Å². The molecule has 21 heavy (non-hydrogen) atoms. The topological polar surface area (TPSA) is 328 Å². The van der Waals surface area contributed by atoms with Crippen molar-refractivity contribution in [3.63, 3.8) is 0 Å². The minimum absolute atomic E-state index is 0. The number of hydrogen-bond acceptors (Lipinski definition) is 3. The van der Waals surface area contributed by atoms with Gasteiger partial charge in [-0.25, -0.2) is 13.7 Å². The van der Waals surface area contributed by atoms with E-state index in [1.54, 1.807) is 0 Å². The Morgan fingerprint density at radius 1 is 0.381 bits per heavy atom. The molecule has 0 aliphatic carbocycles. The summed E-state index contributed by atoms with van der Waals surface area (Å²) in [6, 6.07) is 0. The van der Waals surface area contributed by atoms with Gasteiger partial charge in [-0.2, -0.15) is 0 Å². The molecule has 0 unspecified atom stereocenters. The summed E-state index contributed by atoms with van der Waals surface area (Å²) in [5, 5.41) is 0. The van der Waals surface area contributed by atoms with Crippen molar-refractivity contribution in [2.75, 3.05) is 0 Å². The van der Waals surface area contributed by atoms with E-state index in [2.05, 4.69) is 0 Å². The van der Waals surface area contributed by atoms with E-state index in [4.69, 9.17) is 57.7 Å². The van der Waals surface area contributed by atoms with Crippen molar-refractivity contribution in [1.82, 2.24) is 0 Å². The van der Waals surface area contributed by atoms with Gasteiger partial charge in [0, 0.05) is 0 Å². The van der Waals surface area contributed by atoms with Crippen LogP contribution >= 0.6 is 23.5 Å². The van der Waals surface area contributed by atoms with Crippen LogP contribution in [0.1, 0.15) is 0 Å². The summed E-state index contributed by atoms with van der Waals surface area (Å²) in [5.41, 5.74) is 0. The summed E-state index contributed by atoms with van der Waals surface area (Å²) < 4.78 is 26.6. The molecule has 0 aliphatic heterocycles. The van der Waals surface area contributed by atoms with Crippen molar-refractivity contribution in [3.8, 4) is 0 Å². The van der Waals surface area contributed by atoms with Crippen LogP contribution in [-0.2, 0) is 13.7 Å². The first kappa shape index (κ1) is 56.2. The van der Waals surface area contributed by atoms with Gasteiger partial charge in [0.25, 0.3) is 0 Å². The first-order chi connectivity index (χ1) is 6.00. The second-order valence-electron chi connectivity index (χ2n) is 1.54. The molecule has 0 saturated heterocycles. The Labute approximate surface area is 245 Å². The third-order valence-electron chi connectivity index (χ3n) is 0. The Bertz CT molecular complexity index is 210. The van der Waals surface area contributed by atoms with E-state index in [9.17, 15) is 0 Å². The maximum atomic E-state index is 8.88. The standard InChI is InChI=1S/3K.3H3O4P.3H2O.3H/c;;;3*1-5(2,3)4;;;;;;/h;;;3*(H3,1,2,3,4);3*1H2;;;. The molecule has 15 nitrogen and oxygen atoms in total. The van der Waals surface area contributed by atoms with Crippen LogP contribution in [0.4, 0.5) is 0 Å².